The van der Waals surface area contributed by atoms with Crippen LogP contribution in [0.5, 0.6) is 23.0 Å². The molecule has 3 N–H and O–H groups in total. The molecule has 1 aliphatic rings. The maximum atomic E-state index is 12.7. The molecule has 2 aromatic carbocycles. The van der Waals surface area contributed by atoms with Crippen LogP contribution >= 0.6 is 0 Å². The fraction of sp³-hybridized carbons (Fsp3) is 0.238. The lowest BCUT2D eigenvalue weighted by Crippen LogP contribution is -2.22. The van der Waals surface area contributed by atoms with E-state index in [1.54, 1.807) is 24.3 Å². The molecular formula is C21H22N2O6. The minimum Gasteiger partial charge on any atom is -0.493 e. The topological polar surface area (TPSA) is 109 Å². The zero-order valence-electron chi connectivity index (χ0n) is 16.2. The summed E-state index contributed by atoms with van der Waals surface area (Å²) in [4.78, 5) is 23.6. The van der Waals surface area contributed by atoms with E-state index in [2.05, 4.69) is 5.32 Å². The Bertz CT molecular complexity index is 954. The van der Waals surface area contributed by atoms with Crippen LogP contribution in [0.1, 0.15) is 12.5 Å². The third-order valence-corrected chi connectivity index (χ3v) is 4.09. The van der Waals surface area contributed by atoms with Gasteiger partial charge >= 0.3 is 0 Å². The molecule has 0 aliphatic carbocycles. The number of anilines is 1. The van der Waals surface area contributed by atoms with Gasteiger partial charge in [-0.15, -0.1) is 0 Å². The minimum atomic E-state index is -0.615. The zero-order valence-corrected chi connectivity index (χ0v) is 16.2. The van der Waals surface area contributed by atoms with E-state index in [1.807, 2.05) is 25.1 Å². The van der Waals surface area contributed by atoms with Crippen molar-refractivity contribution in [2.24, 2.45) is 5.73 Å². The Hall–Kier alpha value is -3.68. The first-order valence-electron chi connectivity index (χ1n) is 9.01. The number of primary amides is 1. The lowest BCUT2D eigenvalue weighted by atomic mass is 10.1. The number of rotatable bonds is 8. The van der Waals surface area contributed by atoms with Gasteiger partial charge in [0.15, 0.2) is 29.6 Å². The summed E-state index contributed by atoms with van der Waals surface area (Å²) >= 11 is 0. The highest BCUT2D eigenvalue weighted by Gasteiger charge is 2.20. The number of carbonyl (C=O) groups excluding carboxylic acids is 2. The van der Waals surface area contributed by atoms with Crippen molar-refractivity contribution in [1.29, 1.82) is 0 Å². The van der Waals surface area contributed by atoms with E-state index in [4.69, 9.17) is 24.7 Å². The van der Waals surface area contributed by atoms with Gasteiger partial charge in [-0.3, -0.25) is 9.59 Å². The summed E-state index contributed by atoms with van der Waals surface area (Å²) < 4.78 is 21.8. The van der Waals surface area contributed by atoms with Crippen LogP contribution < -0.4 is 30.0 Å². The Morgan fingerprint density at radius 3 is 2.69 bits per heavy atom. The third kappa shape index (κ3) is 4.78. The molecule has 0 bridgehead atoms. The van der Waals surface area contributed by atoms with Crippen LogP contribution in [0.4, 0.5) is 5.69 Å². The van der Waals surface area contributed by atoms with E-state index in [0.29, 0.717) is 40.9 Å². The summed E-state index contributed by atoms with van der Waals surface area (Å²) in [6, 6.07) is 10.4. The van der Waals surface area contributed by atoms with Crippen molar-refractivity contribution in [2.45, 2.75) is 6.92 Å². The molecule has 29 heavy (non-hydrogen) atoms. The Morgan fingerprint density at radius 2 is 1.97 bits per heavy atom. The summed E-state index contributed by atoms with van der Waals surface area (Å²) in [5.41, 5.74) is 6.82. The standard InChI is InChI=1S/C21H22N2O6/c1-3-27-17-6-4-5-13-9-14(11-29-20(13)17)21(25)23-15-7-8-16(26-2)18(10-15)28-12-19(22)24/h4-10H,3,11-12H2,1-2H3,(H2,22,24)(H,23,25). The highest BCUT2D eigenvalue weighted by Crippen LogP contribution is 2.36. The van der Waals surface area contributed by atoms with Crippen molar-refractivity contribution in [1.82, 2.24) is 0 Å². The third-order valence-electron chi connectivity index (χ3n) is 4.09. The van der Waals surface area contributed by atoms with Gasteiger partial charge in [0.25, 0.3) is 11.8 Å². The van der Waals surface area contributed by atoms with Gasteiger partial charge < -0.3 is 30.0 Å². The molecule has 8 heteroatoms. The normalized spacial score (nSPS) is 12.1. The number of fused-ring (bicyclic) bond motifs is 1. The lowest BCUT2D eigenvalue weighted by Gasteiger charge is -2.20. The second-order valence-corrected chi connectivity index (χ2v) is 6.14. The van der Waals surface area contributed by atoms with E-state index in [0.717, 1.165) is 5.56 Å². The Morgan fingerprint density at radius 1 is 1.14 bits per heavy atom. The van der Waals surface area contributed by atoms with E-state index >= 15 is 0 Å². The molecule has 0 spiro atoms. The number of hydrogen-bond donors (Lipinski definition) is 2. The molecule has 0 unspecified atom stereocenters. The minimum absolute atomic E-state index is 0.115. The molecule has 1 aliphatic heterocycles. The maximum Gasteiger partial charge on any atom is 0.255 e. The number of benzene rings is 2. The van der Waals surface area contributed by atoms with Crippen LogP contribution in [0.2, 0.25) is 0 Å². The lowest BCUT2D eigenvalue weighted by molar-refractivity contribution is -0.120. The van der Waals surface area contributed by atoms with Crippen LogP contribution in [0.15, 0.2) is 42.0 Å². The van der Waals surface area contributed by atoms with Crippen LogP contribution in [-0.2, 0) is 9.59 Å². The van der Waals surface area contributed by atoms with Crippen molar-refractivity contribution >= 4 is 23.6 Å². The molecule has 3 rings (SSSR count). The van der Waals surface area contributed by atoms with Crippen LogP contribution in [-0.4, -0.2) is 38.7 Å². The Labute approximate surface area is 168 Å². The molecule has 2 aromatic rings. The summed E-state index contributed by atoms with van der Waals surface area (Å²) in [5, 5.41) is 2.79. The monoisotopic (exact) mass is 398 g/mol. The van der Waals surface area contributed by atoms with Gasteiger partial charge in [-0.1, -0.05) is 12.1 Å². The van der Waals surface area contributed by atoms with Crippen molar-refractivity contribution in [2.75, 3.05) is 32.2 Å². The van der Waals surface area contributed by atoms with Gasteiger partial charge in [-0.25, -0.2) is 0 Å². The van der Waals surface area contributed by atoms with Gasteiger partial charge in [0, 0.05) is 17.3 Å². The van der Waals surface area contributed by atoms with Gasteiger partial charge in [-0.2, -0.15) is 0 Å². The van der Waals surface area contributed by atoms with Crippen molar-refractivity contribution in [3.63, 3.8) is 0 Å². The highest BCUT2D eigenvalue weighted by molar-refractivity contribution is 6.07. The number of methoxy groups -OCH3 is 1. The molecular weight excluding hydrogens is 376 g/mol. The first-order valence-corrected chi connectivity index (χ1v) is 9.01. The smallest absolute Gasteiger partial charge is 0.255 e. The summed E-state index contributed by atoms with van der Waals surface area (Å²) in [6.45, 7) is 2.23. The molecule has 2 amide bonds. The second-order valence-electron chi connectivity index (χ2n) is 6.14. The second kappa shape index (κ2) is 9.01. The largest absolute Gasteiger partial charge is 0.493 e. The van der Waals surface area contributed by atoms with Crippen molar-refractivity contribution in [3.05, 3.63) is 47.5 Å². The first kappa shape index (κ1) is 20.1. The number of nitrogens with one attached hydrogen (secondary N) is 1. The van der Waals surface area contributed by atoms with Gasteiger partial charge in [0.1, 0.15) is 6.61 Å². The number of ether oxygens (including phenoxy) is 4. The predicted molar refractivity (Wildman–Crippen MR) is 107 cm³/mol. The number of carbonyl (C=O) groups is 2. The van der Waals surface area contributed by atoms with E-state index < -0.39 is 5.91 Å². The van der Waals surface area contributed by atoms with Crippen LogP contribution in [0.25, 0.3) is 6.08 Å². The number of amides is 2. The summed E-state index contributed by atoms with van der Waals surface area (Å²) in [5.74, 6) is 1.05. The van der Waals surface area contributed by atoms with Crippen LogP contribution in [0.3, 0.4) is 0 Å². The van der Waals surface area contributed by atoms with E-state index in [1.165, 1.54) is 7.11 Å². The maximum absolute atomic E-state index is 12.7. The number of hydrogen-bond acceptors (Lipinski definition) is 6. The molecule has 0 fully saturated rings. The quantitative estimate of drug-likeness (QED) is 0.707. The highest BCUT2D eigenvalue weighted by atomic mass is 16.5. The zero-order chi connectivity index (χ0) is 20.8. The van der Waals surface area contributed by atoms with Crippen LogP contribution in [0, 0.1) is 0 Å². The van der Waals surface area contributed by atoms with E-state index in [-0.39, 0.29) is 19.1 Å². The molecule has 152 valence electrons. The van der Waals surface area contributed by atoms with Gasteiger partial charge in [0.2, 0.25) is 0 Å². The van der Waals surface area contributed by atoms with Gasteiger partial charge in [-0.05, 0) is 31.2 Å². The number of para-hydroxylation sites is 1. The first-order chi connectivity index (χ1) is 14.0. The molecule has 0 saturated heterocycles. The fourth-order valence-electron chi connectivity index (χ4n) is 2.81. The average Bonchev–Trinajstić information content (AvgIpc) is 2.72. The summed E-state index contributed by atoms with van der Waals surface area (Å²) in [7, 11) is 1.48. The fourth-order valence-corrected chi connectivity index (χ4v) is 2.81. The average molecular weight is 398 g/mol. The van der Waals surface area contributed by atoms with Gasteiger partial charge in [0.05, 0.1) is 19.3 Å². The molecule has 0 aromatic heterocycles. The van der Waals surface area contributed by atoms with Crippen molar-refractivity contribution in [3.8, 4) is 23.0 Å². The Balaban J connectivity index is 1.77. The molecule has 0 saturated carbocycles. The molecule has 0 atom stereocenters. The molecule has 1 heterocycles. The Kier molecular flexibility index (Phi) is 6.23. The SMILES string of the molecule is CCOc1cccc2c1OCC(C(=O)Nc1ccc(OC)c(OCC(N)=O)c1)=C2. The molecule has 0 radical (unpaired) electrons. The van der Waals surface area contributed by atoms with Crippen molar-refractivity contribution < 1.29 is 28.5 Å². The summed E-state index contributed by atoms with van der Waals surface area (Å²) in [6.07, 6.45) is 1.77. The predicted octanol–water partition coefficient (Wildman–Crippen LogP) is 2.37. The molecule has 8 nitrogen and oxygen atoms in total. The van der Waals surface area contributed by atoms with E-state index in [9.17, 15) is 9.59 Å². The number of nitrogens with two attached hydrogens (primary N) is 1.